The van der Waals surface area contributed by atoms with E-state index in [1.54, 1.807) is 12.1 Å². The third-order valence-electron chi connectivity index (χ3n) is 4.22. The average Bonchev–Trinajstić information content (AvgIpc) is 2.71. The van der Waals surface area contributed by atoms with Gasteiger partial charge in [-0.15, -0.1) is 0 Å². The second kappa shape index (κ2) is 11.3. The third-order valence-corrected chi connectivity index (χ3v) is 5.15. The number of carbonyl (C=O) groups excluding carboxylic acids is 2. The minimum absolute atomic E-state index is 0.0334. The fourth-order valence-corrected chi connectivity index (χ4v) is 3.22. The topological polar surface area (TPSA) is 125 Å². The quantitative estimate of drug-likeness (QED) is 0.517. The van der Waals surface area contributed by atoms with Gasteiger partial charge in [0.2, 0.25) is 10.0 Å². The van der Waals surface area contributed by atoms with E-state index in [1.807, 2.05) is 31.2 Å². The Hall–Kier alpha value is -2.91. The van der Waals surface area contributed by atoms with Crippen LogP contribution in [-0.4, -0.2) is 40.1 Å². The maximum atomic E-state index is 11.9. The van der Waals surface area contributed by atoms with Crippen molar-refractivity contribution in [3.05, 3.63) is 59.7 Å². The number of para-hydroxylation sites is 1. The van der Waals surface area contributed by atoms with E-state index >= 15 is 0 Å². The average molecular weight is 435 g/mol. The number of benzene rings is 2. The number of nitrogens with two attached hydrogens (primary N) is 1. The van der Waals surface area contributed by atoms with Gasteiger partial charge in [0.1, 0.15) is 5.75 Å². The fraction of sp³-hybridized carbons (Fsp3) is 0.333. The van der Waals surface area contributed by atoms with Crippen LogP contribution < -0.4 is 15.2 Å². The first-order valence-electron chi connectivity index (χ1n) is 9.54. The van der Waals surface area contributed by atoms with Crippen LogP contribution in [0.4, 0.5) is 0 Å². The molecular weight excluding hydrogens is 408 g/mol. The van der Waals surface area contributed by atoms with Crippen molar-refractivity contribution in [3.63, 3.8) is 0 Å². The molecular formula is C21H26N2O6S. The number of primary sulfonamides is 1. The molecule has 0 heterocycles. The van der Waals surface area contributed by atoms with Crippen molar-refractivity contribution in [3.8, 4) is 5.75 Å². The Morgan fingerprint density at radius 1 is 1.03 bits per heavy atom. The Morgan fingerprint density at radius 2 is 1.73 bits per heavy atom. The number of sulfonamides is 1. The number of esters is 1. The summed E-state index contributed by atoms with van der Waals surface area (Å²) in [5.41, 5.74) is 1.75. The highest BCUT2D eigenvalue weighted by molar-refractivity contribution is 7.89. The summed E-state index contributed by atoms with van der Waals surface area (Å²) in [6.07, 6.45) is 1.11. The largest absolute Gasteiger partial charge is 0.494 e. The molecule has 0 spiro atoms. The van der Waals surface area contributed by atoms with E-state index in [-0.39, 0.29) is 17.9 Å². The smallest absolute Gasteiger partial charge is 0.306 e. The van der Waals surface area contributed by atoms with Crippen molar-refractivity contribution in [1.82, 2.24) is 5.32 Å². The summed E-state index contributed by atoms with van der Waals surface area (Å²) >= 11 is 0. The zero-order valence-corrected chi connectivity index (χ0v) is 17.6. The first-order chi connectivity index (χ1) is 14.3. The summed E-state index contributed by atoms with van der Waals surface area (Å²) in [6, 6.07) is 13.6. The number of rotatable bonds is 11. The molecule has 0 saturated carbocycles. The number of carbonyl (C=O) groups is 2. The Bertz CT molecular complexity index is 958. The van der Waals surface area contributed by atoms with Crippen LogP contribution >= 0.6 is 0 Å². The van der Waals surface area contributed by atoms with Gasteiger partial charge in [-0.25, -0.2) is 13.6 Å². The molecule has 0 unspecified atom stereocenters. The molecule has 0 saturated heterocycles. The molecule has 0 fully saturated rings. The lowest BCUT2D eigenvalue weighted by Gasteiger charge is -2.10. The number of hydrogen-bond donors (Lipinski definition) is 2. The highest BCUT2D eigenvalue weighted by atomic mass is 32.2. The lowest BCUT2D eigenvalue weighted by Crippen LogP contribution is -2.30. The second-order valence-corrected chi connectivity index (χ2v) is 8.05. The Labute approximate surface area is 176 Å². The van der Waals surface area contributed by atoms with Crippen LogP contribution in [0.1, 0.15) is 24.5 Å². The molecule has 9 heteroatoms. The molecule has 0 radical (unpaired) electrons. The molecule has 2 rings (SSSR count). The molecule has 8 nitrogen and oxygen atoms in total. The van der Waals surface area contributed by atoms with Gasteiger partial charge in [0.15, 0.2) is 6.61 Å². The number of amides is 1. The summed E-state index contributed by atoms with van der Waals surface area (Å²) in [6.45, 7) is 2.41. The van der Waals surface area contributed by atoms with Crippen LogP contribution in [0.3, 0.4) is 0 Å². The number of hydrogen-bond acceptors (Lipinski definition) is 6. The minimum Gasteiger partial charge on any atom is -0.494 e. The molecule has 3 N–H and O–H groups in total. The van der Waals surface area contributed by atoms with Gasteiger partial charge in [0.25, 0.3) is 5.91 Å². The van der Waals surface area contributed by atoms with Crippen LogP contribution in [0, 0.1) is 0 Å². The van der Waals surface area contributed by atoms with Crippen LogP contribution in [-0.2, 0) is 37.2 Å². The molecule has 30 heavy (non-hydrogen) atoms. The third kappa shape index (κ3) is 7.84. The van der Waals surface area contributed by atoms with E-state index in [0.717, 1.165) is 16.9 Å². The summed E-state index contributed by atoms with van der Waals surface area (Å²) in [5, 5.41) is 7.70. The van der Waals surface area contributed by atoms with Gasteiger partial charge in [-0.2, -0.15) is 0 Å². The van der Waals surface area contributed by atoms with Crippen LogP contribution in [0.25, 0.3) is 0 Å². The van der Waals surface area contributed by atoms with E-state index in [4.69, 9.17) is 14.6 Å². The molecule has 0 aliphatic rings. The number of ether oxygens (including phenoxy) is 2. The minimum atomic E-state index is -3.72. The maximum Gasteiger partial charge on any atom is 0.306 e. The molecule has 0 atom stereocenters. The normalized spacial score (nSPS) is 11.0. The van der Waals surface area contributed by atoms with Gasteiger partial charge < -0.3 is 14.8 Å². The lowest BCUT2D eigenvalue weighted by atomic mass is 10.1. The summed E-state index contributed by atoms with van der Waals surface area (Å²) < 4.78 is 33.0. The molecule has 0 aliphatic heterocycles. The summed E-state index contributed by atoms with van der Waals surface area (Å²) in [4.78, 5) is 23.8. The zero-order valence-electron chi connectivity index (χ0n) is 16.8. The van der Waals surface area contributed by atoms with Gasteiger partial charge in [-0.1, -0.05) is 30.3 Å². The first-order valence-corrected chi connectivity index (χ1v) is 11.1. The summed E-state index contributed by atoms with van der Waals surface area (Å²) in [7, 11) is -3.72. The highest BCUT2D eigenvalue weighted by Crippen LogP contribution is 2.19. The first kappa shape index (κ1) is 23.4. The predicted octanol–water partition coefficient (Wildman–Crippen LogP) is 1.57. The van der Waals surface area contributed by atoms with Crippen LogP contribution in [0.15, 0.2) is 53.4 Å². The van der Waals surface area contributed by atoms with Gasteiger partial charge >= 0.3 is 5.97 Å². The molecule has 2 aromatic rings. The highest BCUT2D eigenvalue weighted by Gasteiger charge is 2.10. The van der Waals surface area contributed by atoms with E-state index in [9.17, 15) is 18.0 Å². The molecule has 0 aromatic heterocycles. The van der Waals surface area contributed by atoms with Crippen molar-refractivity contribution >= 4 is 21.9 Å². The molecule has 2 aromatic carbocycles. The van der Waals surface area contributed by atoms with Gasteiger partial charge in [-0.05, 0) is 49.1 Å². The van der Waals surface area contributed by atoms with E-state index in [1.165, 1.54) is 12.1 Å². The van der Waals surface area contributed by atoms with Gasteiger partial charge in [0.05, 0.1) is 11.5 Å². The van der Waals surface area contributed by atoms with Crippen molar-refractivity contribution < 1.29 is 27.5 Å². The zero-order chi connectivity index (χ0) is 22.0. The monoisotopic (exact) mass is 434 g/mol. The Morgan fingerprint density at radius 3 is 2.40 bits per heavy atom. The van der Waals surface area contributed by atoms with Crippen molar-refractivity contribution in [2.75, 3.05) is 19.8 Å². The lowest BCUT2D eigenvalue weighted by molar-refractivity contribution is -0.148. The SMILES string of the molecule is CCOc1ccccc1CCC(=O)OCC(=O)NCCc1ccc(S(N)(=O)=O)cc1. The van der Waals surface area contributed by atoms with E-state index in [2.05, 4.69) is 5.32 Å². The second-order valence-electron chi connectivity index (χ2n) is 6.49. The van der Waals surface area contributed by atoms with Crippen molar-refractivity contribution in [2.24, 2.45) is 5.14 Å². The van der Waals surface area contributed by atoms with Gasteiger partial charge in [0, 0.05) is 13.0 Å². The number of aryl methyl sites for hydroxylation is 1. The standard InChI is InChI=1S/C21H26N2O6S/c1-2-28-19-6-4-3-5-17(19)9-12-21(25)29-15-20(24)23-14-13-16-7-10-18(11-8-16)30(22,26)27/h3-8,10-11H,2,9,12-15H2,1H3,(H,23,24)(H2,22,26,27). The van der Waals surface area contributed by atoms with Crippen molar-refractivity contribution in [1.29, 1.82) is 0 Å². The van der Waals surface area contributed by atoms with Gasteiger partial charge in [-0.3, -0.25) is 9.59 Å². The van der Waals surface area contributed by atoms with Crippen LogP contribution in [0.2, 0.25) is 0 Å². The van der Waals surface area contributed by atoms with Crippen LogP contribution in [0.5, 0.6) is 5.75 Å². The molecule has 1 amide bonds. The molecule has 162 valence electrons. The fourth-order valence-electron chi connectivity index (χ4n) is 2.70. The van der Waals surface area contributed by atoms with Crippen molar-refractivity contribution in [2.45, 2.75) is 31.1 Å². The Kier molecular flexibility index (Phi) is 8.82. The predicted molar refractivity (Wildman–Crippen MR) is 111 cm³/mol. The Balaban J connectivity index is 1.67. The van der Waals surface area contributed by atoms with E-state index < -0.39 is 21.9 Å². The maximum absolute atomic E-state index is 11.9. The summed E-state index contributed by atoms with van der Waals surface area (Å²) in [5.74, 6) is -0.128. The molecule has 0 aliphatic carbocycles. The molecule has 0 bridgehead atoms. The number of nitrogens with one attached hydrogen (secondary N) is 1. The van der Waals surface area contributed by atoms with E-state index in [0.29, 0.717) is 26.0 Å².